The fourth-order valence-corrected chi connectivity index (χ4v) is 2.62. The average Bonchev–Trinajstić information content (AvgIpc) is 2.63. The van der Waals surface area contributed by atoms with Crippen molar-refractivity contribution >= 4 is 18.6 Å². The van der Waals surface area contributed by atoms with Gasteiger partial charge in [-0.25, -0.2) is 9.79 Å². The van der Waals surface area contributed by atoms with Crippen LogP contribution in [0, 0.1) is 0 Å². The van der Waals surface area contributed by atoms with Gasteiger partial charge in [0.15, 0.2) is 5.84 Å². The van der Waals surface area contributed by atoms with E-state index in [1.54, 1.807) is 25.1 Å². The lowest BCUT2D eigenvalue weighted by Crippen LogP contribution is -2.46. The summed E-state index contributed by atoms with van der Waals surface area (Å²) in [5.41, 5.74) is 10.2. The van der Waals surface area contributed by atoms with Crippen molar-refractivity contribution in [2.45, 2.75) is 39.7 Å². The van der Waals surface area contributed by atoms with E-state index in [4.69, 9.17) is 10.6 Å². The van der Waals surface area contributed by atoms with Crippen LogP contribution in [0.25, 0.3) is 0 Å². The van der Waals surface area contributed by atoms with E-state index >= 15 is 0 Å². The van der Waals surface area contributed by atoms with Crippen molar-refractivity contribution in [1.82, 2.24) is 15.3 Å². The van der Waals surface area contributed by atoms with Crippen LogP contribution in [0.5, 0.6) is 0 Å². The number of rotatable bonds is 6. The summed E-state index contributed by atoms with van der Waals surface area (Å²) in [4.78, 5) is 29.6. The third-order valence-electron chi connectivity index (χ3n) is 4.01. The summed E-state index contributed by atoms with van der Waals surface area (Å²) in [5, 5.41) is 0. The molecule has 1 saturated heterocycles. The number of nitrogens with two attached hydrogens (primary N) is 1. The molecule has 0 saturated carbocycles. The number of carbonyl (C=O) groups is 1. The van der Waals surface area contributed by atoms with Crippen LogP contribution in [0.4, 0.5) is 4.79 Å². The van der Waals surface area contributed by atoms with Crippen molar-refractivity contribution in [2.24, 2.45) is 15.7 Å². The van der Waals surface area contributed by atoms with Gasteiger partial charge in [0.25, 0.3) is 0 Å². The van der Waals surface area contributed by atoms with E-state index in [-0.39, 0.29) is 12.1 Å². The zero-order chi connectivity index (χ0) is 19.7. The van der Waals surface area contributed by atoms with Crippen molar-refractivity contribution in [3.05, 3.63) is 23.1 Å². The quantitative estimate of drug-likeness (QED) is 0.247. The molecule has 0 bridgehead atoms. The highest BCUT2D eigenvalue weighted by molar-refractivity contribution is 6.01. The van der Waals surface area contributed by atoms with Crippen molar-refractivity contribution in [1.29, 1.82) is 0 Å². The minimum absolute atomic E-state index is 0.00363. The number of nitrogens with one attached hydrogen (secondary N) is 1. The second kappa shape index (κ2) is 10.6. The maximum atomic E-state index is 12.2. The molecule has 8 heteroatoms. The number of allylic oxidation sites excluding steroid dienone is 2. The number of nitrogens with zero attached hydrogens (tertiary/aromatic N) is 4. The Morgan fingerprint density at radius 3 is 2.73 bits per heavy atom. The van der Waals surface area contributed by atoms with E-state index in [0.717, 1.165) is 25.0 Å². The topological polar surface area (TPSA) is 95.6 Å². The summed E-state index contributed by atoms with van der Waals surface area (Å²) in [6.07, 6.45) is 3.54. The number of carbonyl (C=O) groups excluding carboxylic acids is 1. The monoisotopic (exact) mass is 364 g/mol. The zero-order valence-corrected chi connectivity index (χ0v) is 16.6. The van der Waals surface area contributed by atoms with Gasteiger partial charge in [-0.05, 0) is 40.3 Å². The summed E-state index contributed by atoms with van der Waals surface area (Å²) in [5.74, 6) is 1.15. The second-order valence-electron chi connectivity index (χ2n) is 6.47. The first kappa shape index (κ1) is 21.7. The summed E-state index contributed by atoms with van der Waals surface area (Å²) >= 11 is 0. The van der Waals surface area contributed by atoms with Gasteiger partial charge in [-0.1, -0.05) is 0 Å². The molecule has 8 nitrogen and oxygen atoms in total. The summed E-state index contributed by atoms with van der Waals surface area (Å²) in [6.45, 7) is 11.2. The molecule has 0 aromatic rings. The summed E-state index contributed by atoms with van der Waals surface area (Å²) < 4.78 is 0. The molecule has 1 aliphatic heterocycles. The molecule has 1 fully saturated rings. The molecule has 0 aliphatic carbocycles. The van der Waals surface area contributed by atoms with Crippen LogP contribution in [-0.2, 0) is 4.84 Å². The number of likely N-dealkylation sites (tertiary alicyclic amines) is 1. The van der Waals surface area contributed by atoms with Gasteiger partial charge < -0.3 is 20.4 Å². The first-order chi connectivity index (χ1) is 12.3. The Labute approximate surface area is 156 Å². The molecule has 0 aromatic carbocycles. The molecule has 26 heavy (non-hydrogen) atoms. The summed E-state index contributed by atoms with van der Waals surface area (Å²) in [6, 6.07) is -0.0112. The van der Waals surface area contributed by atoms with E-state index in [0.29, 0.717) is 30.4 Å². The predicted molar refractivity (Wildman–Crippen MR) is 106 cm³/mol. The molecule has 146 valence electrons. The van der Waals surface area contributed by atoms with Crippen molar-refractivity contribution in [2.75, 3.05) is 33.7 Å². The number of aliphatic imine (C=N–C) groups is 2. The molecule has 1 aliphatic rings. The van der Waals surface area contributed by atoms with Gasteiger partial charge in [0.2, 0.25) is 0 Å². The van der Waals surface area contributed by atoms with Crippen LogP contribution in [0.15, 0.2) is 33.1 Å². The third kappa shape index (κ3) is 6.51. The SMILES string of the molecule is C=NC(=NC1CCCN(C(=O)N(C)C)C1)C(C)=C(N)/C=C(\C)ONCC. The maximum Gasteiger partial charge on any atom is 0.319 e. The third-order valence-corrected chi connectivity index (χ3v) is 4.01. The number of hydroxylamine groups is 1. The molecule has 1 atom stereocenters. The minimum Gasteiger partial charge on any atom is -0.413 e. The number of amidine groups is 1. The lowest BCUT2D eigenvalue weighted by atomic mass is 10.1. The number of piperidine rings is 1. The van der Waals surface area contributed by atoms with Gasteiger partial charge in [0.1, 0.15) is 5.76 Å². The Kier molecular flexibility index (Phi) is 8.84. The van der Waals surface area contributed by atoms with E-state index in [2.05, 4.69) is 22.2 Å². The molecule has 2 amide bonds. The van der Waals surface area contributed by atoms with Gasteiger partial charge in [0, 0.05) is 51.1 Å². The van der Waals surface area contributed by atoms with Gasteiger partial charge >= 0.3 is 6.03 Å². The average molecular weight is 364 g/mol. The zero-order valence-electron chi connectivity index (χ0n) is 16.6. The predicted octanol–water partition coefficient (Wildman–Crippen LogP) is 1.91. The van der Waals surface area contributed by atoms with E-state index in [1.807, 2.05) is 25.7 Å². The molecular formula is C18H32N6O2. The van der Waals surface area contributed by atoms with Crippen LogP contribution in [0.2, 0.25) is 0 Å². The lowest BCUT2D eigenvalue weighted by molar-refractivity contribution is 0.111. The van der Waals surface area contributed by atoms with Gasteiger partial charge in [-0.15, -0.1) is 0 Å². The highest BCUT2D eigenvalue weighted by Gasteiger charge is 2.24. The largest absolute Gasteiger partial charge is 0.413 e. The van der Waals surface area contributed by atoms with Crippen molar-refractivity contribution < 1.29 is 9.63 Å². The number of amides is 2. The number of hydrogen-bond acceptors (Lipinski definition) is 5. The number of urea groups is 1. The molecule has 0 radical (unpaired) electrons. The Bertz CT molecular complexity index is 594. The van der Waals surface area contributed by atoms with Gasteiger partial charge in [-0.3, -0.25) is 4.99 Å². The Morgan fingerprint density at radius 1 is 1.46 bits per heavy atom. The van der Waals surface area contributed by atoms with Gasteiger partial charge in [0.05, 0.1) is 6.04 Å². The second-order valence-corrected chi connectivity index (χ2v) is 6.47. The smallest absolute Gasteiger partial charge is 0.319 e. The molecule has 1 rings (SSSR count). The molecule has 0 aromatic heterocycles. The molecule has 1 unspecified atom stereocenters. The van der Waals surface area contributed by atoms with Crippen LogP contribution >= 0.6 is 0 Å². The minimum atomic E-state index is -0.0148. The summed E-state index contributed by atoms with van der Waals surface area (Å²) in [7, 11) is 3.51. The van der Waals surface area contributed by atoms with Gasteiger partial charge in [-0.2, -0.15) is 5.48 Å². The van der Waals surface area contributed by atoms with E-state index in [9.17, 15) is 4.79 Å². The number of hydrogen-bond donors (Lipinski definition) is 2. The van der Waals surface area contributed by atoms with Crippen LogP contribution < -0.4 is 11.2 Å². The Hall–Kier alpha value is -2.35. The maximum absolute atomic E-state index is 12.2. The van der Waals surface area contributed by atoms with E-state index < -0.39 is 0 Å². The van der Waals surface area contributed by atoms with Crippen molar-refractivity contribution in [3.8, 4) is 0 Å². The first-order valence-corrected chi connectivity index (χ1v) is 8.85. The Morgan fingerprint density at radius 2 is 2.15 bits per heavy atom. The van der Waals surface area contributed by atoms with Crippen LogP contribution in [0.3, 0.4) is 0 Å². The highest BCUT2D eigenvalue weighted by Crippen LogP contribution is 2.17. The highest BCUT2D eigenvalue weighted by atomic mass is 16.6. The van der Waals surface area contributed by atoms with Crippen LogP contribution in [-0.4, -0.2) is 68.2 Å². The lowest BCUT2D eigenvalue weighted by Gasteiger charge is -2.32. The van der Waals surface area contributed by atoms with E-state index in [1.165, 1.54) is 0 Å². The molecular weight excluding hydrogens is 332 g/mol. The standard InChI is InChI=1S/C18H32N6O2/c1-7-21-26-13(2)11-16(19)14(3)17(20-4)22-15-9-8-10-24(12-15)18(25)23(5)6/h11,15,21H,4,7-10,12,19H2,1-3,5-6H3/b13-11+,16-14?,22-17?. The fourth-order valence-electron chi connectivity index (χ4n) is 2.62. The molecule has 3 N–H and O–H groups in total. The Balaban J connectivity index is 2.93. The van der Waals surface area contributed by atoms with Crippen molar-refractivity contribution in [3.63, 3.8) is 0 Å². The normalized spacial score (nSPS) is 19.7. The molecule has 0 spiro atoms. The van der Waals surface area contributed by atoms with Crippen LogP contribution in [0.1, 0.15) is 33.6 Å². The first-order valence-electron chi connectivity index (χ1n) is 8.85. The fraction of sp³-hybridized carbons (Fsp3) is 0.611. The molecule has 1 heterocycles.